The Morgan fingerprint density at radius 3 is 2.33 bits per heavy atom. The van der Waals surface area contributed by atoms with Gasteiger partial charge in [0.15, 0.2) is 0 Å². The van der Waals surface area contributed by atoms with Gasteiger partial charge in [-0.1, -0.05) is 60.7 Å². The molecular weight excluding hydrogens is 296 g/mol. The van der Waals surface area contributed by atoms with Crippen LogP contribution in [0.4, 0.5) is 0 Å². The first-order chi connectivity index (χ1) is 11.7. The molecule has 0 atom stereocenters. The van der Waals surface area contributed by atoms with Gasteiger partial charge in [-0.2, -0.15) is 0 Å². The van der Waals surface area contributed by atoms with Crippen LogP contribution in [0.5, 0.6) is 0 Å². The number of amides is 1. The summed E-state index contributed by atoms with van der Waals surface area (Å²) in [5, 5.41) is 2.93. The maximum Gasteiger partial charge on any atom is 0.224 e. The number of carbonyl (C=O) groups excluding carboxylic acids is 1. The molecule has 0 saturated heterocycles. The zero-order valence-electron chi connectivity index (χ0n) is 13.7. The lowest BCUT2D eigenvalue weighted by Gasteiger charge is -2.08. The highest BCUT2D eigenvalue weighted by Crippen LogP contribution is 2.19. The van der Waals surface area contributed by atoms with Gasteiger partial charge in [0, 0.05) is 6.20 Å². The number of benzene rings is 2. The molecule has 0 aliphatic rings. The highest BCUT2D eigenvalue weighted by atomic mass is 16.1. The van der Waals surface area contributed by atoms with Crippen molar-refractivity contribution in [3.8, 4) is 11.1 Å². The number of nitrogens with zero attached hydrogens (tertiary/aromatic N) is 1. The Morgan fingerprint density at radius 1 is 0.917 bits per heavy atom. The molecule has 3 rings (SSSR count). The van der Waals surface area contributed by atoms with Gasteiger partial charge in [-0.3, -0.25) is 9.78 Å². The van der Waals surface area contributed by atoms with Crippen LogP contribution in [0.3, 0.4) is 0 Å². The summed E-state index contributed by atoms with van der Waals surface area (Å²) in [6.45, 7) is 2.46. The summed E-state index contributed by atoms with van der Waals surface area (Å²) in [6.07, 6.45) is 2.12. The van der Waals surface area contributed by atoms with Crippen molar-refractivity contribution in [1.82, 2.24) is 10.3 Å². The summed E-state index contributed by atoms with van der Waals surface area (Å²) in [4.78, 5) is 16.4. The summed E-state index contributed by atoms with van der Waals surface area (Å²) in [6, 6.07) is 22.2. The average molecular weight is 316 g/mol. The van der Waals surface area contributed by atoms with E-state index in [-0.39, 0.29) is 5.91 Å². The molecule has 0 unspecified atom stereocenters. The fourth-order valence-corrected chi connectivity index (χ4v) is 2.58. The van der Waals surface area contributed by atoms with Crippen molar-refractivity contribution in [1.29, 1.82) is 0 Å². The summed E-state index contributed by atoms with van der Waals surface area (Å²) in [5.41, 5.74) is 5.34. The van der Waals surface area contributed by atoms with E-state index in [0.717, 1.165) is 22.4 Å². The SMILES string of the molecule is Cc1cccnc1CNC(=O)Cc1ccc(-c2ccccc2)cc1. The highest BCUT2D eigenvalue weighted by Gasteiger charge is 2.06. The van der Waals surface area contributed by atoms with E-state index in [2.05, 4.69) is 34.6 Å². The minimum absolute atomic E-state index is 0.00696. The smallest absolute Gasteiger partial charge is 0.224 e. The van der Waals surface area contributed by atoms with Gasteiger partial charge >= 0.3 is 0 Å². The van der Waals surface area contributed by atoms with Gasteiger partial charge in [-0.25, -0.2) is 0 Å². The minimum Gasteiger partial charge on any atom is -0.350 e. The minimum atomic E-state index is 0.00696. The van der Waals surface area contributed by atoms with Crippen molar-refractivity contribution in [2.45, 2.75) is 19.9 Å². The van der Waals surface area contributed by atoms with E-state index in [1.165, 1.54) is 5.56 Å². The molecule has 1 heterocycles. The molecule has 3 heteroatoms. The number of pyridine rings is 1. The van der Waals surface area contributed by atoms with Crippen molar-refractivity contribution in [2.24, 2.45) is 0 Å². The van der Waals surface area contributed by atoms with Crippen molar-refractivity contribution in [2.75, 3.05) is 0 Å². The molecule has 0 fully saturated rings. The maximum absolute atomic E-state index is 12.1. The quantitative estimate of drug-likeness (QED) is 0.775. The Kier molecular flexibility index (Phi) is 5.02. The first-order valence-corrected chi connectivity index (χ1v) is 8.04. The van der Waals surface area contributed by atoms with Crippen molar-refractivity contribution < 1.29 is 4.79 Å². The van der Waals surface area contributed by atoms with Crippen LogP contribution < -0.4 is 5.32 Å². The number of aromatic nitrogens is 1. The van der Waals surface area contributed by atoms with Gasteiger partial charge in [0.25, 0.3) is 0 Å². The Labute approximate surface area is 142 Å². The van der Waals surface area contributed by atoms with Gasteiger partial charge in [0.2, 0.25) is 5.91 Å². The van der Waals surface area contributed by atoms with E-state index in [0.29, 0.717) is 13.0 Å². The third-order valence-electron chi connectivity index (χ3n) is 4.00. The lowest BCUT2D eigenvalue weighted by Crippen LogP contribution is -2.25. The Morgan fingerprint density at radius 2 is 1.62 bits per heavy atom. The largest absolute Gasteiger partial charge is 0.350 e. The summed E-state index contributed by atoms with van der Waals surface area (Å²) in [7, 11) is 0. The molecule has 0 bridgehead atoms. The number of rotatable bonds is 5. The summed E-state index contributed by atoms with van der Waals surface area (Å²) < 4.78 is 0. The second kappa shape index (κ2) is 7.55. The fourth-order valence-electron chi connectivity index (χ4n) is 2.58. The lowest BCUT2D eigenvalue weighted by molar-refractivity contribution is -0.120. The van der Waals surface area contributed by atoms with E-state index in [4.69, 9.17) is 0 Å². The van der Waals surface area contributed by atoms with Crippen LogP contribution in [0.25, 0.3) is 11.1 Å². The number of aryl methyl sites for hydroxylation is 1. The molecular formula is C21H20N2O. The third-order valence-corrected chi connectivity index (χ3v) is 4.00. The monoisotopic (exact) mass is 316 g/mol. The number of hydrogen-bond donors (Lipinski definition) is 1. The van der Waals surface area contributed by atoms with Crippen LogP contribution in [0, 0.1) is 6.92 Å². The molecule has 1 N–H and O–H groups in total. The molecule has 0 spiro atoms. The third kappa shape index (κ3) is 4.07. The molecule has 0 saturated carbocycles. The molecule has 1 amide bonds. The Hall–Kier alpha value is -2.94. The van der Waals surface area contributed by atoms with E-state index in [9.17, 15) is 4.79 Å². The topological polar surface area (TPSA) is 42.0 Å². The van der Waals surface area contributed by atoms with Gasteiger partial charge in [0.1, 0.15) is 0 Å². The Bertz CT molecular complexity index is 811. The van der Waals surface area contributed by atoms with Crippen LogP contribution >= 0.6 is 0 Å². The molecule has 24 heavy (non-hydrogen) atoms. The molecule has 2 aromatic carbocycles. The summed E-state index contributed by atoms with van der Waals surface area (Å²) >= 11 is 0. The van der Waals surface area contributed by atoms with Gasteiger partial charge in [-0.15, -0.1) is 0 Å². The van der Waals surface area contributed by atoms with Gasteiger partial charge in [0.05, 0.1) is 18.7 Å². The molecule has 0 aliphatic heterocycles. The molecule has 0 aliphatic carbocycles. The number of hydrogen-bond acceptors (Lipinski definition) is 2. The van der Waals surface area contributed by atoms with Gasteiger partial charge in [-0.05, 0) is 35.2 Å². The van der Waals surface area contributed by atoms with Crippen LogP contribution in [0.15, 0.2) is 72.9 Å². The van der Waals surface area contributed by atoms with Crippen molar-refractivity contribution >= 4 is 5.91 Å². The predicted octanol–water partition coefficient (Wildman–Crippen LogP) is 3.92. The molecule has 1 aromatic heterocycles. The predicted molar refractivity (Wildman–Crippen MR) is 96.4 cm³/mol. The van der Waals surface area contributed by atoms with Crippen LogP contribution in [0.2, 0.25) is 0 Å². The van der Waals surface area contributed by atoms with E-state index < -0.39 is 0 Å². The summed E-state index contributed by atoms with van der Waals surface area (Å²) in [5.74, 6) is 0.00696. The fraction of sp³-hybridized carbons (Fsp3) is 0.143. The zero-order valence-corrected chi connectivity index (χ0v) is 13.7. The normalized spacial score (nSPS) is 10.4. The van der Waals surface area contributed by atoms with E-state index >= 15 is 0 Å². The standard InChI is InChI=1S/C21H20N2O/c1-16-6-5-13-22-20(16)15-23-21(24)14-17-9-11-19(12-10-17)18-7-3-2-4-8-18/h2-13H,14-15H2,1H3,(H,23,24). The second-order valence-corrected chi connectivity index (χ2v) is 5.78. The lowest BCUT2D eigenvalue weighted by atomic mass is 10.0. The van der Waals surface area contributed by atoms with Crippen LogP contribution in [-0.2, 0) is 17.8 Å². The number of nitrogens with one attached hydrogen (secondary N) is 1. The maximum atomic E-state index is 12.1. The Balaban J connectivity index is 1.58. The number of carbonyl (C=O) groups is 1. The van der Waals surface area contributed by atoms with Crippen molar-refractivity contribution in [3.63, 3.8) is 0 Å². The highest BCUT2D eigenvalue weighted by molar-refractivity contribution is 5.78. The average Bonchev–Trinajstić information content (AvgIpc) is 2.62. The molecule has 3 aromatic rings. The second-order valence-electron chi connectivity index (χ2n) is 5.78. The first kappa shape index (κ1) is 15.9. The van der Waals surface area contributed by atoms with E-state index in [1.807, 2.05) is 49.4 Å². The van der Waals surface area contributed by atoms with Crippen LogP contribution in [0.1, 0.15) is 16.8 Å². The zero-order chi connectivity index (χ0) is 16.8. The molecule has 120 valence electrons. The van der Waals surface area contributed by atoms with E-state index in [1.54, 1.807) is 6.20 Å². The first-order valence-electron chi connectivity index (χ1n) is 8.04. The molecule has 3 nitrogen and oxygen atoms in total. The van der Waals surface area contributed by atoms with Gasteiger partial charge < -0.3 is 5.32 Å². The molecule has 0 radical (unpaired) electrons. The van der Waals surface area contributed by atoms with Crippen LogP contribution in [-0.4, -0.2) is 10.9 Å². The van der Waals surface area contributed by atoms with Crippen molar-refractivity contribution in [3.05, 3.63) is 89.7 Å².